The molecule has 1 aliphatic rings. The van der Waals surface area contributed by atoms with E-state index in [0.29, 0.717) is 11.3 Å². The lowest BCUT2D eigenvalue weighted by atomic mass is 10.1. The molecule has 1 N–H and O–H groups in total. The quantitative estimate of drug-likeness (QED) is 0.827. The summed E-state index contributed by atoms with van der Waals surface area (Å²) in [5, 5.41) is 9.23. The van der Waals surface area contributed by atoms with Crippen molar-refractivity contribution in [2.24, 2.45) is 0 Å². The van der Waals surface area contributed by atoms with E-state index in [1.165, 1.54) is 13.2 Å². The number of carboxylic acids is 1. The maximum Gasteiger partial charge on any atom is 0.339 e. The van der Waals surface area contributed by atoms with Gasteiger partial charge in [0.15, 0.2) is 0 Å². The van der Waals surface area contributed by atoms with Gasteiger partial charge in [-0.3, -0.25) is 0 Å². The van der Waals surface area contributed by atoms with Crippen LogP contribution in [0.4, 0.5) is 5.69 Å². The van der Waals surface area contributed by atoms with Crippen LogP contribution in [-0.2, 0) is 4.74 Å². The van der Waals surface area contributed by atoms with Crippen LogP contribution in [0.2, 0.25) is 0 Å². The number of nitrogens with zero attached hydrogens (tertiary/aromatic N) is 1. The molecule has 0 aromatic heterocycles. The number of carbonyl (C=O) groups is 2. The second kappa shape index (κ2) is 5.08. The molecule has 1 aromatic carbocycles. The van der Waals surface area contributed by atoms with E-state index in [1.807, 2.05) is 4.90 Å². The van der Waals surface area contributed by atoms with Crippen LogP contribution in [0.15, 0.2) is 18.2 Å². The number of carbonyl (C=O) groups excluding carboxylic acids is 1. The van der Waals surface area contributed by atoms with Gasteiger partial charge in [0.05, 0.1) is 23.9 Å². The standard InChI is InChI=1S/C13H15NO4/c1-18-13(17)10-6-4-5-9(12(15)16)11(10)14-7-2-3-8-14/h4-6H,2-3,7-8H2,1H3,(H,15,16). The number of aromatic carboxylic acids is 1. The summed E-state index contributed by atoms with van der Waals surface area (Å²) < 4.78 is 4.71. The highest BCUT2D eigenvalue weighted by Crippen LogP contribution is 2.29. The third kappa shape index (κ3) is 2.16. The molecule has 18 heavy (non-hydrogen) atoms. The first-order chi connectivity index (χ1) is 8.65. The van der Waals surface area contributed by atoms with E-state index in [2.05, 4.69) is 0 Å². The lowest BCUT2D eigenvalue weighted by molar-refractivity contribution is 0.0601. The van der Waals surface area contributed by atoms with Gasteiger partial charge < -0.3 is 14.7 Å². The van der Waals surface area contributed by atoms with Crippen molar-refractivity contribution in [1.82, 2.24) is 0 Å². The summed E-state index contributed by atoms with van der Waals surface area (Å²) in [5.74, 6) is -1.53. The molecule has 5 nitrogen and oxygen atoms in total. The first-order valence-corrected chi connectivity index (χ1v) is 5.84. The summed E-state index contributed by atoms with van der Waals surface area (Å²) in [7, 11) is 1.30. The van der Waals surface area contributed by atoms with Gasteiger partial charge >= 0.3 is 11.9 Å². The molecule has 1 aliphatic heterocycles. The van der Waals surface area contributed by atoms with Crippen molar-refractivity contribution in [3.8, 4) is 0 Å². The van der Waals surface area contributed by atoms with E-state index in [4.69, 9.17) is 4.74 Å². The van der Waals surface area contributed by atoms with Crippen LogP contribution in [0.5, 0.6) is 0 Å². The minimum absolute atomic E-state index is 0.153. The number of hydrogen-bond acceptors (Lipinski definition) is 4. The maximum absolute atomic E-state index is 11.7. The van der Waals surface area contributed by atoms with E-state index in [1.54, 1.807) is 12.1 Å². The molecule has 0 saturated carbocycles. The minimum Gasteiger partial charge on any atom is -0.478 e. The molecule has 0 bridgehead atoms. The van der Waals surface area contributed by atoms with Gasteiger partial charge in [0.25, 0.3) is 0 Å². The summed E-state index contributed by atoms with van der Waals surface area (Å²) in [6, 6.07) is 4.68. The topological polar surface area (TPSA) is 66.8 Å². The number of carboxylic acid groups (broad SMARTS) is 1. The van der Waals surface area contributed by atoms with E-state index in [0.717, 1.165) is 25.9 Å². The predicted octanol–water partition coefficient (Wildman–Crippen LogP) is 1.77. The molecule has 1 heterocycles. The zero-order valence-electron chi connectivity index (χ0n) is 10.2. The van der Waals surface area contributed by atoms with E-state index in [-0.39, 0.29) is 5.56 Å². The van der Waals surface area contributed by atoms with Gasteiger partial charge in [0, 0.05) is 13.1 Å². The number of hydrogen-bond donors (Lipinski definition) is 1. The molecule has 1 aromatic rings. The van der Waals surface area contributed by atoms with Crippen LogP contribution < -0.4 is 4.90 Å². The van der Waals surface area contributed by atoms with Crippen LogP contribution in [0.1, 0.15) is 33.6 Å². The largest absolute Gasteiger partial charge is 0.478 e. The maximum atomic E-state index is 11.7. The first kappa shape index (κ1) is 12.4. The zero-order valence-corrected chi connectivity index (χ0v) is 10.2. The summed E-state index contributed by atoms with van der Waals surface area (Å²) in [6.07, 6.45) is 2.02. The third-order valence-corrected chi connectivity index (χ3v) is 3.09. The highest BCUT2D eigenvalue weighted by molar-refractivity contribution is 6.04. The Kier molecular flexibility index (Phi) is 3.50. The molecule has 0 spiro atoms. The van der Waals surface area contributed by atoms with Crippen molar-refractivity contribution in [2.45, 2.75) is 12.8 Å². The second-order valence-corrected chi connectivity index (χ2v) is 4.19. The normalized spacial score (nSPS) is 14.6. The molecule has 0 unspecified atom stereocenters. The smallest absolute Gasteiger partial charge is 0.339 e. The SMILES string of the molecule is COC(=O)c1cccc(C(=O)O)c1N1CCCC1. The van der Waals surface area contributed by atoms with Crippen LogP contribution in [0.3, 0.4) is 0 Å². The Labute approximate surface area is 105 Å². The molecule has 5 heteroatoms. The summed E-state index contributed by atoms with van der Waals surface area (Å²) in [6.45, 7) is 1.54. The van der Waals surface area contributed by atoms with Crippen molar-refractivity contribution in [2.75, 3.05) is 25.1 Å². The fourth-order valence-electron chi connectivity index (χ4n) is 2.27. The Hall–Kier alpha value is -2.04. The lowest BCUT2D eigenvalue weighted by Gasteiger charge is -2.22. The van der Waals surface area contributed by atoms with Crippen LogP contribution in [0.25, 0.3) is 0 Å². The van der Waals surface area contributed by atoms with Crippen LogP contribution in [0, 0.1) is 0 Å². The van der Waals surface area contributed by atoms with Gasteiger partial charge in [-0.1, -0.05) is 6.07 Å². The minimum atomic E-state index is -1.03. The Bertz CT molecular complexity index is 478. The average Bonchev–Trinajstić information content (AvgIpc) is 2.90. The van der Waals surface area contributed by atoms with Gasteiger partial charge in [-0.25, -0.2) is 9.59 Å². The Morgan fingerprint density at radius 2 is 1.83 bits per heavy atom. The number of methoxy groups -OCH3 is 1. The van der Waals surface area contributed by atoms with Crippen molar-refractivity contribution >= 4 is 17.6 Å². The number of benzene rings is 1. The number of rotatable bonds is 3. The van der Waals surface area contributed by atoms with Gasteiger partial charge in [-0.15, -0.1) is 0 Å². The van der Waals surface area contributed by atoms with E-state index in [9.17, 15) is 14.7 Å². The summed E-state index contributed by atoms with van der Waals surface area (Å²) >= 11 is 0. The highest BCUT2D eigenvalue weighted by atomic mass is 16.5. The average molecular weight is 249 g/mol. The predicted molar refractivity (Wildman–Crippen MR) is 66.2 cm³/mol. The van der Waals surface area contributed by atoms with Crippen molar-refractivity contribution in [1.29, 1.82) is 0 Å². The molecular weight excluding hydrogens is 234 g/mol. The molecule has 0 radical (unpaired) electrons. The number of esters is 1. The van der Waals surface area contributed by atoms with Gasteiger partial charge in [-0.2, -0.15) is 0 Å². The van der Waals surface area contributed by atoms with Gasteiger partial charge in [0.2, 0.25) is 0 Å². The van der Waals surface area contributed by atoms with Crippen molar-refractivity contribution in [3.05, 3.63) is 29.3 Å². The molecule has 0 atom stereocenters. The molecule has 1 saturated heterocycles. The molecular formula is C13H15NO4. The van der Waals surface area contributed by atoms with Gasteiger partial charge in [-0.05, 0) is 25.0 Å². The molecule has 2 rings (SSSR count). The monoisotopic (exact) mass is 249 g/mol. The zero-order chi connectivity index (χ0) is 13.1. The summed E-state index contributed by atoms with van der Waals surface area (Å²) in [4.78, 5) is 24.9. The Morgan fingerprint density at radius 1 is 1.22 bits per heavy atom. The van der Waals surface area contributed by atoms with Gasteiger partial charge in [0.1, 0.15) is 0 Å². The van der Waals surface area contributed by atoms with Crippen LogP contribution in [-0.4, -0.2) is 37.2 Å². The molecule has 1 fully saturated rings. The number of anilines is 1. The van der Waals surface area contributed by atoms with Crippen LogP contribution >= 0.6 is 0 Å². The number of para-hydroxylation sites is 1. The summed E-state index contributed by atoms with van der Waals surface area (Å²) in [5.41, 5.74) is 0.952. The Morgan fingerprint density at radius 3 is 2.39 bits per heavy atom. The molecule has 96 valence electrons. The molecule has 0 aliphatic carbocycles. The second-order valence-electron chi connectivity index (χ2n) is 4.19. The molecule has 0 amide bonds. The van der Waals surface area contributed by atoms with Crippen molar-refractivity contribution in [3.63, 3.8) is 0 Å². The Balaban J connectivity index is 2.55. The number of ether oxygens (including phenoxy) is 1. The highest BCUT2D eigenvalue weighted by Gasteiger charge is 2.25. The fourth-order valence-corrected chi connectivity index (χ4v) is 2.27. The van der Waals surface area contributed by atoms with E-state index >= 15 is 0 Å². The first-order valence-electron chi connectivity index (χ1n) is 5.84. The fraction of sp³-hybridized carbons (Fsp3) is 0.385. The van der Waals surface area contributed by atoms with E-state index < -0.39 is 11.9 Å². The van der Waals surface area contributed by atoms with Crippen molar-refractivity contribution < 1.29 is 19.4 Å². The third-order valence-electron chi connectivity index (χ3n) is 3.09. The lowest BCUT2D eigenvalue weighted by Crippen LogP contribution is -2.24.